The van der Waals surface area contributed by atoms with Crippen LogP contribution in [0.1, 0.15) is 46.0 Å². The Morgan fingerprint density at radius 2 is 1.97 bits per heavy atom. The fourth-order valence-electron chi connectivity index (χ4n) is 4.28. The molecule has 1 aromatic heterocycles. The van der Waals surface area contributed by atoms with Crippen LogP contribution in [0.25, 0.3) is 10.9 Å². The molecule has 0 atom stereocenters. The van der Waals surface area contributed by atoms with E-state index in [4.69, 9.17) is 0 Å². The number of carbonyl (C=O) groups excluding carboxylic acids is 3. The van der Waals surface area contributed by atoms with Crippen molar-refractivity contribution < 1.29 is 14.4 Å². The van der Waals surface area contributed by atoms with Crippen LogP contribution in [0.5, 0.6) is 0 Å². The van der Waals surface area contributed by atoms with Crippen LogP contribution < -0.4 is 16.3 Å². The van der Waals surface area contributed by atoms with Gasteiger partial charge in [-0.15, -0.1) is 0 Å². The number of carbonyl (C=O) groups is 3. The second kappa shape index (κ2) is 8.93. The summed E-state index contributed by atoms with van der Waals surface area (Å²) in [6.45, 7) is 4.57. The van der Waals surface area contributed by atoms with Gasteiger partial charge in [0.15, 0.2) is 5.16 Å². The standard InChI is InChI=1S/C22H27N5O4S/c1-3-12-26-18(29)15-6-4-5-7-16(15)23-21(26)32-13-17(28)25-27-19(30)22(24-20(27)31)10-8-14(2)9-11-22/h4-7,14H,3,8-13H2,1-2H3,(H,24,31)(H,25,28). The van der Waals surface area contributed by atoms with Crippen LogP contribution in [0, 0.1) is 5.92 Å². The Balaban J connectivity index is 1.46. The van der Waals surface area contributed by atoms with Crippen LogP contribution in [0.2, 0.25) is 0 Å². The molecular weight excluding hydrogens is 430 g/mol. The molecule has 32 heavy (non-hydrogen) atoms. The van der Waals surface area contributed by atoms with Gasteiger partial charge in [-0.1, -0.05) is 37.7 Å². The van der Waals surface area contributed by atoms with E-state index in [1.807, 2.05) is 6.92 Å². The molecule has 1 aliphatic heterocycles. The lowest BCUT2D eigenvalue weighted by molar-refractivity contribution is -0.139. The molecule has 2 aliphatic rings. The van der Waals surface area contributed by atoms with E-state index in [2.05, 4.69) is 22.7 Å². The van der Waals surface area contributed by atoms with E-state index >= 15 is 0 Å². The maximum Gasteiger partial charge on any atom is 0.344 e. The minimum atomic E-state index is -0.911. The molecule has 4 rings (SSSR count). The average molecular weight is 458 g/mol. The second-order valence-electron chi connectivity index (χ2n) is 8.53. The lowest BCUT2D eigenvalue weighted by Crippen LogP contribution is -2.51. The smallest absolute Gasteiger partial charge is 0.322 e. The van der Waals surface area contributed by atoms with Gasteiger partial charge in [0.1, 0.15) is 5.54 Å². The molecular formula is C22H27N5O4S. The predicted molar refractivity (Wildman–Crippen MR) is 121 cm³/mol. The van der Waals surface area contributed by atoms with Crippen LogP contribution >= 0.6 is 11.8 Å². The molecule has 10 heteroatoms. The quantitative estimate of drug-likeness (QED) is 0.391. The molecule has 2 aromatic rings. The fourth-order valence-corrected chi connectivity index (χ4v) is 5.10. The molecule has 4 amide bonds. The highest BCUT2D eigenvalue weighted by Gasteiger charge is 2.52. The van der Waals surface area contributed by atoms with Crippen LogP contribution in [-0.4, -0.2) is 43.7 Å². The maximum atomic E-state index is 12.9. The SMILES string of the molecule is CCCn1c(SCC(=O)NN2C(=O)NC3(CCC(C)CC3)C2=O)nc2ccccc2c1=O. The molecule has 1 aromatic carbocycles. The van der Waals surface area contributed by atoms with Crippen molar-refractivity contribution in [3.8, 4) is 0 Å². The average Bonchev–Trinajstić information content (AvgIpc) is 3.01. The summed E-state index contributed by atoms with van der Waals surface area (Å²) >= 11 is 1.11. The summed E-state index contributed by atoms with van der Waals surface area (Å²) in [6, 6.07) is 6.49. The first-order valence-electron chi connectivity index (χ1n) is 10.9. The number of imide groups is 1. The van der Waals surface area contributed by atoms with Crippen molar-refractivity contribution in [2.75, 3.05) is 5.75 Å². The second-order valence-corrected chi connectivity index (χ2v) is 9.47. The minimum absolute atomic E-state index is 0.0877. The van der Waals surface area contributed by atoms with Gasteiger partial charge >= 0.3 is 6.03 Å². The molecule has 2 heterocycles. The van der Waals surface area contributed by atoms with E-state index < -0.39 is 23.4 Å². The highest BCUT2D eigenvalue weighted by Crippen LogP contribution is 2.35. The lowest BCUT2D eigenvalue weighted by Gasteiger charge is -2.33. The molecule has 0 radical (unpaired) electrons. The van der Waals surface area contributed by atoms with Crippen molar-refractivity contribution in [3.05, 3.63) is 34.6 Å². The molecule has 2 N–H and O–H groups in total. The predicted octanol–water partition coefficient (Wildman–Crippen LogP) is 2.43. The molecule has 2 fully saturated rings. The molecule has 0 bridgehead atoms. The Morgan fingerprint density at radius 3 is 2.69 bits per heavy atom. The highest BCUT2D eigenvalue weighted by atomic mass is 32.2. The number of thioether (sulfide) groups is 1. The molecule has 9 nitrogen and oxygen atoms in total. The van der Waals surface area contributed by atoms with Crippen molar-refractivity contribution in [1.82, 2.24) is 25.3 Å². The number of amides is 4. The third kappa shape index (κ3) is 4.11. The van der Waals surface area contributed by atoms with Gasteiger partial charge in [-0.2, -0.15) is 5.01 Å². The number of nitrogens with one attached hydrogen (secondary N) is 2. The number of fused-ring (bicyclic) bond motifs is 1. The Labute approximate surface area is 189 Å². The normalized spacial score (nSPS) is 23.1. The van der Waals surface area contributed by atoms with E-state index in [-0.39, 0.29) is 11.3 Å². The van der Waals surface area contributed by atoms with E-state index in [1.165, 1.54) is 0 Å². The van der Waals surface area contributed by atoms with Gasteiger partial charge < -0.3 is 5.32 Å². The van der Waals surface area contributed by atoms with Gasteiger partial charge in [-0.25, -0.2) is 9.78 Å². The van der Waals surface area contributed by atoms with Crippen LogP contribution in [0.4, 0.5) is 4.79 Å². The molecule has 1 saturated heterocycles. The molecule has 0 unspecified atom stereocenters. The zero-order valence-electron chi connectivity index (χ0n) is 18.2. The van der Waals surface area contributed by atoms with Gasteiger partial charge in [0, 0.05) is 6.54 Å². The summed E-state index contributed by atoms with van der Waals surface area (Å²) < 4.78 is 1.56. The molecule has 1 spiro atoms. The van der Waals surface area contributed by atoms with E-state index in [0.717, 1.165) is 36.0 Å². The summed E-state index contributed by atoms with van der Waals surface area (Å²) in [4.78, 5) is 55.3. The third-order valence-corrected chi connectivity index (χ3v) is 7.11. The topological polar surface area (TPSA) is 113 Å². The van der Waals surface area contributed by atoms with Gasteiger partial charge in [0.05, 0.1) is 16.7 Å². The van der Waals surface area contributed by atoms with Crippen molar-refractivity contribution in [3.63, 3.8) is 0 Å². The van der Waals surface area contributed by atoms with Crippen LogP contribution in [0.3, 0.4) is 0 Å². The Bertz CT molecular complexity index is 1120. The van der Waals surface area contributed by atoms with Crippen LogP contribution in [-0.2, 0) is 16.1 Å². The summed E-state index contributed by atoms with van der Waals surface area (Å²) in [7, 11) is 0. The fraction of sp³-hybridized carbons (Fsp3) is 0.500. The molecule has 1 saturated carbocycles. The number of urea groups is 1. The molecule has 170 valence electrons. The van der Waals surface area contributed by atoms with Gasteiger partial charge in [0.2, 0.25) is 5.91 Å². The number of hydrogen-bond acceptors (Lipinski definition) is 6. The van der Waals surface area contributed by atoms with Gasteiger partial charge in [-0.05, 0) is 50.2 Å². The summed E-state index contributed by atoms with van der Waals surface area (Å²) in [5.41, 5.74) is 1.94. The van der Waals surface area contributed by atoms with E-state index in [0.29, 0.717) is 41.4 Å². The third-order valence-electron chi connectivity index (χ3n) is 6.13. The first kappa shape index (κ1) is 22.3. The number of nitrogens with zero attached hydrogens (tertiary/aromatic N) is 3. The largest absolute Gasteiger partial charge is 0.344 e. The van der Waals surface area contributed by atoms with Crippen molar-refractivity contribution >= 4 is 40.5 Å². The van der Waals surface area contributed by atoms with E-state index in [1.54, 1.807) is 28.8 Å². The number of para-hydroxylation sites is 1. The van der Waals surface area contributed by atoms with Crippen molar-refractivity contribution in [2.24, 2.45) is 5.92 Å². The van der Waals surface area contributed by atoms with Gasteiger partial charge in [0.25, 0.3) is 11.5 Å². The number of rotatable bonds is 6. The zero-order chi connectivity index (χ0) is 22.9. The zero-order valence-corrected chi connectivity index (χ0v) is 19.0. The number of hydrazine groups is 1. The highest BCUT2D eigenvalue weighted by molar-refractivity contribution is 7.99. The summed E-state index contributed by atoms with van der Waals surface area (Å²) in [5.74, 6) is -0.486. The minimum Gasteiger partial charge on any atom is -0.322 e. The molecule has 1 aliphatic carbocycles. The first-order chi connectivity index (χ1) is 15.3. The van der Waals surface area contributed by atoms with Crippen molar-refractivity contribution in [1.29, 1.82) is 0 Å². The lowest BCUT2D eigenvalue weighted by atomic mass is 9.77. The number of hydrogen-bond donors (Lipinski definition) is 2. The Kier molecular flexibility index (Phi) is 6.23. The first-order valence-corrected chi connectivity index (χ1v) is 11.9. The van der Waals surface area contributed by atoms with Gasteiger partial charge in [-0.3, -0.25) is 24.4 Å². The van der Waals surface area contributed by atoms with E-state index in [9.17, 15) is 19.2 Å². The monoisotopic (exact) mass is 457 g/mol. The Hall–Kier alpha value is -2.88. The maximum absolute atomic E-state index is 12.9. The summed E-state index contributed by atoms with van der Waals surface area (Å²) in [5, 5.41) is 4.54. The summed E-state index contributed by atoms with van der Waals surface area (Å²) in [6.07, 6.45) is 3.59. The van der Waals surface area contributed by atoms with Crippen LogP contribution in [0.15, 0.2) is 34.2 Å². The Morgan fingerprint density at radius 1 is 1.25 bits per heavy atom. The number of aromatic nitrogens is 2. The van der Waals surface area contributed by atoms with Crippen molar-refractivity contribution in [2.45, 2.75) is 63.2 Å². The number of benzene rings is 1.